The van der Waals surface area contributed by atoms with Gasteiger partial charge in [0, 0.05) is 42.2 Å². The predicted molar refractivity (Wildman–Crippen MR) is 102 cm³/mol. The number of benzene rings is 2. The Hall–Kier alpha value is -2.51. The van der Waals surface area contributed by atoms with Crippen LogP contribution in [0.5, 0.6) is 11.5 Å². The highest BCUT2D eigenvalue weighted by molar-refractivity contribution is 7.89. The van der Waals surface area contributed by atoms with Gasteiger partial charge in [0.15, 0.2) is 11.5 Å². The molecule has 1 N–H and O–H groups in total. The molecule has 0 saturated heterocycles. The number of nitrogens with one attached hydrogen (secondary N) is 1. The lowest BCUT2D eigenvalue weighted by molar-refractivity contribution is 0.171. The molecule has 140 valence electrons. The lowest BCUT2D eigenvalue weighted by Crippen LogP contribution is -2.35. The fraction of sp³-hybridized carbons (Fsp3) is 0.300. The molecular weight excluding hydrogens is 364 g/mol. The zero-order valence-corrected chi connectivity index (χ0v) is 15.8. The van der Waals surface area contributed by atoms with Crippen LogP contribution < -0.4 is 9.47 Å². The van der Waals surface area contributed by atoms with Crippen LogP contribution in [0.15, 0.2) is 41.3 Å². The molecule has 0 bridgehead atoms. The molecule has 7 heteroatoms. The van der Waals surface area contributed by atoms with Crippen LogP contribution in [0.2, 0.25) is 0 Å². The SMILES string of the molecule is Cc1ccc2c3c([nH]c2c1)CCN(S(=O)(=O)c1ccc2c(c1)OCCO2)C3. The molecule has 0 fully saturated rings. The second kappa shape index (κ2) is 6.00. The summed E-state index contributed by atoms with van der Waals surface area (Å²) >= 11 is 0. The molecule has 0 saturated carbocycles. The highest BCUT2D eigenvalue weighted by Crippen LogP contribution is 2.35. The molecule has 1 aromatic heterocycles. The first kappa shape index (κ1) is 16.6. The van der Waals surface area contributed by atoms with Crippen LogP contribution in [0.4, 0.5) is 0 Å². The molecule has 0 unspecified atom stereocenters. The third-order valence-corrected chi connectivity index (χ3v) is 7.09. The number of H-pyrrole nitrogens is 1. The summed E-state index contributed by atoms with van der Waals surface area (Å²) in [6.07, 6.45) is 0.673. The van der Waals surface area contributed by atoms with E-state index >= 15 is 0 Å². The first-order valence-electron chi connectivity index (χ1n) is 9.02. The lowest BCUT2D eigenvalue weighted by atomic mass is 10.1. The van der Waals surface area contributed by atoms with Gasteiger partial charge in [-0.1, -0.05) is 12.1 Å². The van der Waals surface area contributed by atoms with Gasteiger partial charge in [-0.2, -0.15) is 4.31 Å². The van der Waals surface area contributed by atoms with Crippen molar-refractivity contribution in [2.45, 2.75) is 24.8 Å². The van der Waals surface area contributed by atoms with E-state index in [0.717, 1.165) is 22.2 Å². The molecule has 27 heavy (non-hydrogen) atoms. The molecule has 0 atom stereocenters. The molecular formula is C20H20N2O4S. The number of aryl methyl sites for hydroxylation is 1. The van der Waals surface area contributed by atoms with Gasteiger partial charge in [0.1, 0.15) is 13.2 Å². The van der Waals surface area contributed by atoms with Crippen molar-refractivity contribution in [1.29, 1.82) is 0 Å². The van der Waals surface area contributed by atoms with E-state index in [9.17, 15) is 8.42 Å². The van der Waals surface area contributed by atoms with E-state index < -0.39 is 10.0 Å². The van der Waals surface area contributed by atoms with E-state index in [2.05, 4.69) is 30.1 Å². The summed E-state index contributed by atoms with van der Waals surface area (Å²) in [6, 6.07) is 11.1. The van der Waals surface area contributed by atoms with E-state index in [1.54, 1.807) is 22.5 Å². The molecule has 2 aliphatic heterocycles. The molecule has 2 aromatic carbocycles. The monoisotopic (exact) mass is 384 g/mol. The Morgan fingerprint density at radius 3 is 2.70 bits per heavy atom. The van der Waals surface area contributed by atoms with E-state index in [1.165, 1.54) is 5.56 Å². The minimum atomic E-state index is -3.61. The Kier molecular flexibility index (Phi) is 3.70. The number of ether oxygens (including phenoxy) is 2. The number of hydrogen-bond acceptors (Lipinski definition) is 4. The third-order valence-electron chi connectivity index (χ3n) is 5.25. The zero-order valence-electron chi connectivity index (χ0n) is 15.0. The van der Waals surface area contributed by atoms with Gasteiger partial charge in [0.25, 0.3) is 0 Å². The van der Waals surface area contributed by atoms with Crippen LogP contribution >= 0.6 is 0 Å². The van der Waals surface area contributed by atoms with Gasteiger partial charge in [-0.25, -0.2) is 8.42 Å². The minimum absolute atomic E-state index is 0.242. The smallest absolute Gasteiger partial charge is 0.243 e. The fourth-order valence-corrected chi connectivity index (χ4v) is 5.27. The average Bonchev–Trinajstić information content (AvgIpc) is 3.04. The van der Waals surface area contributed by atoms with E-state index in [0.29, 0.717) is 44.2 Å². The van der Waals surface area contributed by atoms with Gasteiger partial charge in [0.2, 0.25) is 10.0 Å². The second-order valence-corrected chi connectivity index (χ2v) is 8.96. The highest BCUT2D eigenvalue weighted by atomic mass is 32.2. The lowest BCUT2D eigenvalue weighted by Gasteiger charge is -2.27. The van der Waals surface area contributed by atoms with Crippen molar-refractivity contribution >= 4 is 20.9 Å². The van der Waals surface area contributed by atoms with E-state index in [1.807, 2.05) is 0 Å². The maximum atomic E-state index is 13.2. The Labute approximate surface area is 157 Å². The number of fused-ring (bicyclic) bond motifs is 4. The van der Waals surface area contributed by atoms with Crippen molar-refractivity contribution in [1.82, 2.24) is 9.29 Å². The van der Waals surface area contributed by atoms with Gasteiger partial charge in [-0.05, 0) is 36.2 Å². The standard InChI is InChI=1S/C20H20N2O4S/c1-13-2-4-15-16-12-22(7-6-17(16)21-18(15)10-13)27(23,24)14-3-5-19-20(11-14)26-9-8-25-19/h2-5,10-11,21H,6-9,12H2,1H3. The maximum absolute atomic E-state index is 13.2. The molecule has 6 nitrogen and oxygen atoms in total. The molecule has 0 radical (unpaired) electrons. The first-order chi connectivity index (χ1) is 13.0. The topological polar surface area (TPSA) is 71.6 Å². The average molecular weight is 384 g/mol. The summed E-state index contributed by atoms with van der Waals surface area (Å²) in [5, 5.41) is 1.10. The number of nitrogens with zero attached hydrogens (tertiary/aromatic N) is 1. The van der Waals surface area contributed by atoms with Crippen LogP contribution in [0.25, 0.3) is 10.9 Å². The Bertz CT molecular complexity index is 1150. The number of sulfonamides is 1. The van der Waals surface area contributed by atoms with Crippen molar-refractivity contribution in [2.24, 2.45) is 0 Å². The fourth-order valence-electron chi connectivity index (χ4n) is 3.85. The number of aromatic nitrogens is 1. The molecule has 3 aromatic rings. The van der Waals surface area contributed by atoms with Crippen molar-refractivity contribution in [2.75, 3.05) is 19.8 Å². The predicted octanol–water partition coefficient (Wildman–Crippen LogP) is 2.99. The van der Waals surface area contributed by atoms with E-state index in [-0.39, 0.29) is 4.90 Å². The summed E-state index contributed by atoms with van der Waals surface area (Å²) in [4.78, 5) is 3.69. The molecule has 2 aliphatic rings. The van der Waals surface area contributed by atoms with Gasteiger partial charge in [-0.15, -0.1) is 0 Å². The van der Waals surface area contributed by atoms with Crippen LogP contribution in [-0.4, -0.2) is 37.5 Å². The Morgan fingerprint density at radius 1 is 1.04 bits per heavy atom. The summed E-state index contributed by atoms with van der Waals surface area (Å²) in [7, 11) is -3.61. The third kappa shape index (κ3) is 2.69. The second-order valence-electron chi connectivity index (χ2n) is 7.03. The Balaban J connectivity index is 1.51. The summed E-state index contributed by atoms with van der Waals surface area (Å²) in [6.45, 7) is 3.79. The minimum Gasteiger partial charge on any atom is -0.486 e. The van der Waals surface area contributed by atoms with Gasteiger partial charge >= 0.3 is 0 Å². The highest BCUT2D eigenvalue weighted by Gasteiger charge is 2.31. The number of rotatable bonds is 2. The number of aromatic amines is 1. The van der Waals surface area contributed by atoms with Crippen LogP contribution in [0.3, 0.4) is 0 Å². The van der Waals surface area contributed by atoms with Crippen molar-refractivity contribution in [3.05, 3.63) is 53.2 Å². The van der Waals surface area contributed by atoms with Crippen molar-refractivity contribution in [3.63, 3.8) is 0 Å². The van der Waals surface area contributed by atoms with Crippen LogP contribution in [0, 0.1) is 6.92 Å². The quantitative estimate of drug-likeness (QED) is 0.737. The zero-order chi connectivity index (χ0) is 18.6. The maximum Gasteiger partial charge on any atom is 0.243 e. The van der Waals surface area contributed by atoms with Crippen molar-refractivity contribution in [3.8, 4) is 11.5 Å². The normalized spacial score (nSPS) is 17.1. The molecule has 5 rings (SSSR count). The largest absolute Gasteiger partial charge is 0.486 e. The van der Waals surface area contributed by atoms with Crippen LogP contribution in [0.1, 0.15) is 16.8 Å². The summed E-state index contributed by atoms with van der Waals surface area (Å²) in [5.41, 5.74) is 4.45. The molecule has 0 amide bonds. The number of hydrogen-bond donors (Lipinski definition) is 1. The van der Waals surface area contributed by atoms with Crippen molar-refractivity contribution < 1.29 is 17.9 Å². The summed E-state index contributed by atoms with van der Waals surface area (Å²) < 4.78 is 39.0. The molecule has 0 aliphatic carbocycles. The summed E-state index contributed by atoms with van der Waals surface area (Å²) in [5.74, 6) is 1.08. The van der Waals surface area contributed by atoms with Crippen LogP contribution in [-0.2, 0) is 23.0 Å². The molecule has 3 heterocycles. The van der Waals surface area contributed by atoms with Gasteiger partial charge in [0.05, 0.1) is 4.90 Å². The van der Waals surface area contributed by atoms with Gasteiger partial charge in [-0.3, -0.25) is 0 Å². The van der Waals surface area contributed by atoms with E-state index in [4.69, 9.17) is 9.47 Å². The van der Waals surface area contributed by atoms with Gasteiger partial charge < -0.3 is 14.5 Å². The first-order valence-corrected chi connectivity index (χ1v) is 10.5. The Morgan fingerprint density at radius 2 is 1.85 bits per heavy atom. The molecule has 0 spiro atoms.